The maximum atomic E-state index is 10.5. The van der Waals surface area contributed by atoms with Crippen molar-refractivity contribution in [2.45, 2.75) is 19.8 Å². The molecule has 0 spiro atoms. The summed E-state index contributed by atoms with van der Waals surface area (Å²) < 4.78 is 0. The van der Waals surface area contributed by atoms with Crippen LogP contribution in [0.3, 0.4) is 0 Å². The van der Waals surface area contributed by atoms with E-state index in [9.17, 15) is 4.79 Å². The van der Waals surface area contributed by atoms with E-state index in [1.54, 1.807) is 6.08 Å². The average Bonchev–Trinajstić information content (AvgIpc) is 2.24. The van der Waals surface area contributed by atoms with Crippen LogP contribution >= 0.6 is 0 Å². The molecule has 1 aromatic rings. The number of nitriles is 1. The van der Waals surface area contributed by atoms with E-state index in [0.717, 1.165) is 22.8 Å². The van der Waals surface area contributed by atoms with Gasteiger partial charge in [0, 0.05) is 12.5 Å². The summed E-state index contributed by atoms with van der Waals surface area (Å²) in [5.41, 5.74) is 2.94. The summed E-state index contributed by atoms with van der Waals surface area (Å²) in [6.45, 7) is 1.93. The molecular formula is C13H13NO2. The molecule has 1 aromatic carbocycles. The van der Waals surface area contributed by atoms with E-state index in [-0.39, 0.29) is 0 Å². The molecule has 0 bridgehead atoms. The highest BCUT2D eigenvalue weighted by molar-refractivity contribution is 5.85. The lowest BCUT2D eigenvalue weighted by Crippen LogP contribution is -1.93. The number of benzene rings is 1. The van der Waals surface area contributed by atoms with E-state index in [1.165, 1.54) is 0 Å². The van der Waals surface area contributed by atoms with Crippen molar-refractivity contribution >= 4 is 12.0 Å². The fourth-order valence-electron chi connectivity index (χ4n) is 1.54. The van der Waals surface area contributed by atoms with Crippen molar-refractivity contribution in [2.24, 2.45) is 0 Å². The zero-order chi connectivity index (χ0) is 12.0. The van der Waals surface area contributed by atoms with E-state index in [1.807, 2.05) is 25.1 Å². The summed E-state index contributed by atoms with van der Waals surface area (Å²) in [5.74, 6) is -0.963. The number of aliphatic carboxylic acids is 1. The molecular weight excluding hydrogens is 202 g/mol. The van der Waals surface area contributed by atoms with Crippen molar-refractivity contribution in [3.63, 3.8) is 0 Å². The lowest BCUT2D eigenvalue weighted by atomic mass is 9.98. The molecule has 0 unspecified atom stereocenters. The third-order valence-corrected chi connectivity index (χ3v) is 2.31. The zero-order valence-electron chi connectivity index (χ0n) is 9.10. The molecule has 0 saturated heterocycles. The summed E-state index contributed by atoms with van der Waals surface area (Å²) >= 11 is 0. The molecule has 3 nitrogen and oxygen atoms in total. The number of carboxylic acid groups (broad SMARTS) is 1. The van der Waals surface area contributed by atoms with Gasteiger partial charge in [0.1, 0.15) is 0 Å². The Hall–Kier alpha value is -2.08. The number of hydrogen-bond acceptors (Lipinski definition) is 2. The Labute approximate surface area is 94.6 Å². The van der Waals surface area contributed by atoms with E-state index < -0.39 is 5.97 Å². The number of aryl methyl sites for hydroxylation is 2. The van der Waals surface area contributed by atoms with Gasteiger partial charge in [-0.25, -0.2) is 4.79 Å². The number of hydrogen-bond donors (Lipinski definition) is 1. The van der Waals surface area contributed by atoms with Gasteiger partial charge in [-0.3, -0.25) is 0 Å². The van der Waals surface area contributed by atoms with Crippen molar-refractivity contribution in [2.75, 3.05) is 0 Å². The van der Waals surface area contributed by atoms with Gasteiger partial charge in [-0.2, -0.15) is 5.26 Å². The Bertz CT molecular complexity index is 455. The third-order valence-electron chi connectivity index (χ3n) is 2.31. The second kappa shape index (κ2) is 5.72. The quantitative estimate of drug-likeness (QED) is 0.785. The van der Waals surface area contributed by atoms with Gasteiger partial charge in [0.25, 0.3) is 0 Å². The molecule has 0 radical (unpaired) electrons. The maximum absolute atomic E-state index is 10.5. The van der Waals surface area contributed by atoms with Crippen LogP contribution in [0, 0.1) is 18.3 Å². The number of carboxylic acids is 1. The second-order valence-electron chi connectivity index (χ2n) is 3.48. The molecule has 0 fully saturated rings. The van der Waals surface area contributed by atoms with Crippen molar-refractivity contribution in [3.05, 3.63) is 41.0 Å². The Morgan fingerprint density at radius 3 is 2.94 bits per heavy atom. The van der Waals surface area contributed by atoms with Gasteiger partial charge in [0.15, 0.2) is 0 Å². The predicted octanol–water partition coefficient (Wildman–Crippen LogP) is 2.55. The van der Waals surface area contributed by atoms with Crippen LogP contribution in [0.25, 0.3) is 6.08 Å². The second-order valence-corrected chi connectivity index (χ2v) is 3.48. The minimum Gasteiger partial charge on any atom is -0.478 e. The van der Waals surface area contributed by atoms with Crippen LogP contribution in [0.4, 0.5) is 0 Å². The Kier molecular flexibility index (Phi) is 4.28. The summed E-state index contributed by atoms with van der Waals surface area (Å²) in [5, 5.41) is 17.1. The van der Waals surface area contributed by atoms with Crippen LogP contribution in [0.5, 0.6) is 0 Å². The molecule has 82 valence electrons. The maximum Gasteiger partial charge on any atom is 0.328 e. The van der Waals surface area contributed by atoms with Crippen LogP contribution in [0.1, 0.15) is 23.1 Å². The van der Waals surface area contributed by atoms with Crippen molar-refractivity contribution < 1.29 is 9.90 Å². The largest absolute Gasteiger partial charge is 0.478 e. The van der Waals surface area contributed by atoms with Crippen LogP contribution in [-0.2, 0) is 11.2 Å². The standard InChI is InChI=1S/C13H13NO2/c1-10-4-2-5-11(6-3-9-14)12(10)7-8-13(15)16/h2,4-5,7-8H,3,6H2,1H3,(H,15,16)/b8-7+. The van der Waals surface area contributed by atoms with E-state index in [2.05, 4.69) is 6.07 Å². The normalized spacial score (nSPS) is 10.2. The molecule has 0 aliphatic heterocycles. The summed E-state index contributed by atoms with van der Waals surface area (Å²) in [4.78, 5) is 10.5. The first-order valence-corrected chi connectivity index (χ1v) is 5.01. The van der Waals surface area contributed by atoms with Crippen molar-refractivity contribution in [1.82, 2.24) is 0 Å². The number of carbonyl (C=O) groups is 1. The molecule has 16 heavy (non-hydrogen) atoms. The lowest BCUT2D eigenvalue weighted by Gasteiger charge is -2.07. The first-order chi connectivity index (χ1) is 7.65. The van der Waals surface area contributed by atoms with Crippen LogP contribution in [0.15, 0.2) is 24.3 Å². The molecule has 1 rings (SSSR count). The fourth-order valence-corrected chi connectivity index (χ4v) is 1.54. The smallest absolute Gasteiger partial charge is 0.328 e. The van der Waals surface area contributed by atoms with Gasteiger partial charge in [-0.1, -0.05) is 18.2 Å². The van der Waals surface area contributed by atoms with Gasteiger partial charge >= 0.3 is 5.97 Å². The van der Waals surface area contributed by atoms with E-state index in [0.29, 0.717) is 12.8 Å². The Morgan fingerprint density at radius 1 is 1.56 bits per heavy atom. The van der Waals surface area contributed by atoms with Gasteiger partial charge in [0.2, 0.25) is 0 Å². The molecule has 0 heterocycles. The van der Waals surface area contributed by atoms with Crippen LogP contribution in [0.2, 0.25) is 0 Å². The van der Waals surface area contributed by atoms with Gasteiger partial charge in [0.05, 0.1) is 6.07 Å². The minimum absolute atomic E-state index is 0.442. The lowest BCUT2D eigenvalue weighted by molar-refractivity contribution is -0.131. The molecule has 0 amide bonds. The van der Waals surface area contributed by atoms with Crippen molar-refractivity contribution in [3.8, 4) is 6.07 Å². The topological polar surface area (TPSA) is 61.1 Å². The molecule has 0 aliphatic carbocycles. The number of rotatable bonds is 4. The average molecular weight is 215 g/mol. The molecule has 0 aromatic heterocycles. The first kappa shape index (κ1) is 12.0. The summed E-state index contributed by atoms with van der Waals surface area (Å²) in [6.07, 6.45) is 3.80. The van der Waals surface area contributed by atoms with Gasteiger partial charge < -0.3 is 5.11 Å². The Morgan fingerprint density at radius 2 is 2.31 bits per heavy atom. The van der Waals surface area contributed by atoms with E-state index in [4.69, 9.17) is 10.4 Å². The highest BCUT2D eigenvalue weighted by Crippen LogP contribution is 2.17. The molecule has 0 saturated carbocycles. The molecule has 3 heteroatoms. The highest BCUT2D eigenvalue weighted by Gasteiger charge is 2.02. The summed E-state index contributed by atoms with van der Waals surface area (Å²) in [7, 11) is 0. The number of nitrogens with zero attached hydrogens (tertiary/aromatic N) is 1. The highest BCUT2D eigenvalue weighted by atomic mass is 16.4. The van der Waals surface area contributed by atoms with Gasteiger partial charge in [-0.05, 0) is 36.1 Å². The first-order valence-electron chi connectivity index (χ1n) is 5.01. The molecule has 1 N–H and O–H groups in total. The SMILES string of the molecule is Cc1cccc(CCC#N)c1/C=C/C(=O)O. The molecule has 0 atom stereocenters. The van der Waals surface area contributed by atoms with Crippen LogP contribution < -0.4 is 0 Å². The predicted molar refractivity (Wildman–Crippen MR) is 61.8 cm³/mol. The third kappa shape index (κ3) is 3.25. The monoisotopic (exact) mass is 215 g/mol. The van der Waals surface area contributed by atoms with Gasteiger partial charge in [-0.15, -0.1) is 0 Å². The van der Waals surface area contributed by atoms with Crippen LogP contribution in [-0.4, -0.2) is 11.1 Å². The van der Waals surface area contributed by atoms with Crippen molar-refractivity contribution in [1.29, 1.82) is 5.26 Å². The van der Waals surface area contributed by atoms with E-state index >= 15 is 0 Å². The molecule has 0 aliphatic rings. The minimum atomic E-state index is -0.963. The fraction of sp³-hybridized carbons (Fsp3) is 0.231. The zero-order valence-corrected chi connectivity index (χ0v) is 9.10. The Balaban J connectivity index is 3.04. The summed E-state index contributed by atoms with van der Waals surface area (Å²) in [6, 6.07) is 7.85.